The van der Waals surface area contributed by atoms with Crippen LogP contribution in [-0.2, 0) is 23.9 Å². The summed E-state index contributed by atoms with van der Waals surface area (Å²) in [5.41, 5.74) is -0.758. The van der Waals surface area contributed by atoms with Crippen LogP contribution in [-0.4, -0.2) is 77.4 Å². The molecule has 178 valence electrons. The Balaban J connectivity index is 2.96. The first kappa shape index (κ1) is 26.7. The van der Waals surface area contributed by atoms with Crippen LogP contribution in [0.2, 0.25) is 0 Å². The highest BCUT2D eigenvalue weighted by molar-refractivity contribution is 5.93. The molecule has 1 rings (SSSR count). The zero-order chi connectivity index (χ0) is 24.1. The molecule has 10 heteroatoms. The number of amides is 3. The maximum atomic E-state index is 13.0. The second-order valence-electron chi connectivity index (χ2n) is 9.52. The molecule has 0 aromatic carbocycles. The van der Waals surface area contributed by atoms with Crippen molar-refractivity contribution in [2.45, 2.75) is 84.7 Å². The lowest BCUT2D eigenvalue weighted by atomic mass is 9.99. The molecule has 1 aliphatic heterocycles. The minimum atomic E-state index is -0.972. The molecule has 10 nitrogen and oxygen atoms in total. The number of nitrogens with one attached hydrogen (secondary N) is 2. The molecule has 0 spiro atoms. The van der Waals surface area contributed by atoms with E-state index in [1.54, 1.807) is 48.5 Å². The van der Waals surface area contributed by atoms with Gasteiger partial charge in [-0.05, 0) is 32.6 Å². The fourth-order valence-electron chi connectivity index (χ4n) is 3.24. The summed E-state index contributed by atoms with van der Waals surface area (Å²) in [6.07, 6.45) is -1.55. The highest BCUT2D eigenvalue weighted by atomic mass is 16.6. The molecule has 4 atom stereocenters. The smallest absolute Gasteiger partial charge is 0.411 e. The molecule has 0 radical (unpaired) electrons. The van der Waals surface area contributed by atoms with E-state index in [4.69, 9.17) is 9.47 Å². The van der Waals surface area contributed by atoms with E-state index in [1.807, 2.05) is 0 Å². The number of likely N-dealkylation sites (tertiary alicyclic amines) is 1. The number of carbonyl (C=O) groups excluding carboxylic acids is 4. The van der Waals surface area contributed by atoms with E-state index in [9.17, 15) is 24.3 Å². The van der Waals surface area contributed by atoms with Crippen LogP contribution in [0.4, 0.5) is 4.79 Å². The van der Waals surface area contributed by atoms with Gasteiger partial charge in [-0.25, -0.2) is 9.59 Å². The second-order valence-corrected chi connectivity index (χ2v) is 9.52. The SMILES string of the molecule is COC(=O)[C@@H](NC(=O)[C@@H](NC(=O)[C@@H]1C[C@H](O)CN1C(=O)OC(C)(C)C)C(C)C)C(C)C. The summed E-state index contributed by atoms with van der Waals surface area (Å²) < 4.78 is 10.1. The van der Waals surface area contributed by atoms with Crippen LogP contribution in [0.15, 0.2) is 0 Å². The van der Waals surface area contributed by atoms with Crippen molar-refractivity contribution in [3.8, 4) is 0 Å². The van der Waals surface area contributed by atoms with Crippen molar-refractivity contribution in [1.82, 2.24) is 15.5 Å². The number of hydrogen-bond donors (Lipinski definition) is 3. The van der Waals surface area contributed by atoms with Gasteiger partial charge in [-0.15, -0.1) is 0 Å². The molecule has 1 heterocycles. The molecule has 31 heavy (non-hydrogen) atoms. The quantitative estimate of drug-likeness (QED) is 0.496. The zero-order valence-electron chi connectivity index (χ0n) is 19.7. The Morgan fingerprint density at radius 3 is 2.00 bits per heavy atom. The molecule has 1 fully saturated rings. The van der Waals surface area contributed by atoms with Gasteiger partial charge in [0.15, 0.2) is 0 Å². The Morgan fingerprint density at radius 2 is 1.55 bits per heavy atom. The van der Waals surface area contributed by atoms with E-state index in [2.05, 4.69) is 10.6 Å². The molecule has 0 saturated carbocycles. The van der Waals surface area contributed by atoms with Crippen molar-refractivity contribution in [1.29, 1.82) is 0 Å². The van der Waals surface area contributed by atoms with Crippen LogP contribution in [0, 0.1) is 11.8 Å². The van der Waals surface area contributed by atoms with Gasteiger partial charge in [0.25, 0.3) is 0 Å². The lowest BCUT2D eigenvalue weighted by Crippen LogP contribution is -2.58. The number of nitrogens with zero attached hydrogens (tertiary/aromatic N) is 1. The summed E-state index contributed by atoms with van der Waals surface area (Å²) in [4.78, 5) is 51.4. The number of aliphatic hydroxyl groups excluding tert-OH is 1. The number of ether oxygens (including phenoxy) is 2. The number of rotatable bonds is 7. The summed E-state index contributed by atoms with van der Waals surface area (Å²) in [5, 5.41) is 15.3. The Morgan fingerprint density at radius 1 is 1.00 bits per heavy atom. The zero-order valence-corrected chi connectivity index (χ0v) is 19.7. The third-order valence-electron chi connectivity index (χ3n) is 4.88. The van der Waals surface area contributed by atoms with Gasteiger partial charge in [0, 0.05) is 6.42 Å². The standard InChI is InChI=1S/C21H37N3O7/c1-11(2)15(18(27)23-16(12(3)4)19(28)30-8)22-17(26)14-9-13(25)10-24(14)20(29)31-21(5,6)7/h11-16,25H,9-10H2,1-8H3,(H,22,26)(H,23,27)/t13-,14-,15-,16-/m0/s1. The van der Waals surface area contributed by atoms with Crippen molar-refractivity contribution in [3.63, 3.8) is 0 Å². The first-order chi connectivity index (χ1) is 14.2. The van der Waals surface area contributed by atoms with E-state index in [0.29, 0.717) is 0 Å². The van der Waals surface area contributed by atoms with E-state index in [1.165, 1.54) is 12.0 Å². The average molecular weight is 444 g/mol. The fourth-order valence-corrected chi connectivity index (χ4v) is 3.24. The van der Waals surface area contributed by atoms with Gasteiger partial charge in [0.05, 0.1) is 19.8 Å². The molecule has 0 bridgehead atoms. The first-order valence-corrected chi connectivity index (χ1v) is 10.5. The molecule has 1 saturated heterocycles. The van der Waals surface area contributed by atoms with Crippen LogP contribution in [0.1, 0.15) is 54.9 Å². The van der Waals surface area contributed by atoms with Gasteiger partial charge >= 0.3 is 12.1 Å². The Bertz CT molecular complexity index is 672. The number of methoxy groups -OCH3 is 1. The van der Waals surface area contributed by atoms with Crippen molar-refractivity contribution in [2.24, 2.45) is 11.8 Å². The molecule has 0 aromatic rings. The number of carbonyl (C=O) groups is 4. The third kappa shape index (κ3) is 7.68. The Labute approximate surface area is 184 Å². The van der Waals surface area contributed by atoms with E-state index < -0.39 is 53.7 Å². The Hall–Kier alpha value is -2.36. The second kappa shape index (κ2) is 10.8. The molecular weight excluding hydrogens is 406 g/mol. The molecule has 3 N–H and O–H groups in total. The summed E-state index contributed by atoms with van der Waals surface area (Å²) in [7, 11) is 1.24. The van der Waals surface area contributed by atoms with Gasteiger partial charge in [-0.2, -0.15) is 0 Å². The first-order valence-electron chi connectivity index (χ1n) is 10.5. The van der Waals surface area contributed by atoms with Crippen LogP contribution in [0.5, 0.6) is 0 Å². The lowest BCUT2D eigenvalue weighted by molar-refractivity contribution is -0.147. The predicted molar refractivity (Wildman–Crippen MR) is 113 cm³/mol. The number of β-amino-alcohol motifs (C(OH)–C–C–N with tert-alkyl or cyclic N) is 1. The van der Waals surface area contributed by atoms with Crippen molar-refractivity contribution in [3.05, 3.63) is 0 Å². The molecule has 3 amide bonds. The average Bonchev–Trinajstić information content (AvgIpc) is 3.03. The van der Waals surface area contributed by atoms with Gasteiger partial charge in [-0.1, -0.05) is 27.7 Å². The Kier molecular flexibility index (Phi) is 9.28. The summed E-state index contributed by atoms with van der Waals surface area (Å²) in [5.74, 6) is -2.19. The van der Waals surface area contributed by atoms with Crippen molar-refractivity contribution in [2.75, 3.05) is 13.7 Å². The van der Waals surface area contributed by atoms with Gasteiger partial charge < -0.3 is 25.2 Å². The molecule has 0 aliphatic carbocycles. The van der Waals surface area contributed by atoms with Crippen LogP contribution in [0.25, 0.3) is 0 Å². The maximum absolute atomic E-state index is 13.0. The van der Waals surface area contributed by atoms with E-state index >= 15 is 0 Å². The minimum absolute atomic E-state index is 0.0360. The number of esters is 1. The molecule has 0 unspecified atom stereocenters. The lowest BCUT2D eigenvalue weighted by Gasteiger charge is -2.30. The normalized spacial score (nSPS) is 20.9. The van der Waals surface area contributed by atoms with Crippen molar-refractivity contribution >= 4 is 23.9 Å². The maximum Gasteiger partial charge on any atom is 0.411 e. The molecular formula is C21H37N3O7. The van der Waals surface area contributed by atoms with Gasteiger partial charge in [-0.3, -0.25) is 14.5 Å². The minimum Gasteiger partial charge on any atom is -0.467 e. The van der Waals surface area contributed by atoms with Gasteiger partial charge in [0.1, 0.15) is 23.7 Å². The monoisotopic (exact) mass is 443 g/mol. The van der Waals surface area contributed by atoms with Crippen molar-refractivity contribution < 1.29 is 33.8 Å². The third-order valence-corrected chi connectivity index (χ3v) is 4.88. The highest BCUT2D eigenvalue weighted by Crippen LogP contribution is 2.22. The van der Waals surface area contributed by atoms with Crippen LogP contribution < -0.4 is 10.6 Å². The van der Waals surface area contributed by atoms with Crippen LogP contribution in [0.3, 0.4) is 0 Å². The summed E-state index contributed by atoms with van der Waals surface area (Å²) in [6.45, 7) is 12.1. The molecule has 0 aromatic heterocycles. The van der Waals surface area contributed by atoms with E-state index in [-0.39, 0.29) is 24.8 Å². The topological polar surface area (TPSA) is 134 Å². The molecule has 1 aliphatic rings. The summed E-state index contributed by atoms with van der Waals surface area (Å²) >= 11 is 0. The number of aliphatic hydroxyl groups is 1. The largest absolute Gasteiger partial charge is 0.467 e. The summed E-state index contributed by atoms with van der Waals surface area (Å²) in [6, 6.07) is -2.78. The van der Waals surface area contributed by atoms with E-state index in [0.717, 1.165) is 0 Å². The predicted octanol–water partition coefficient (Wildman–Crippen LogP) is 0.811. The fraction of sp³-hybridized carbons (Fsp3) is 0.810. The van der Waals surface area contributed by atoms with Crippen LogP contribution >= 0.6 is 0 Å². The van der Waals surface area contributed by atoms with Gasteiger partial charge in [0.2, 0.25) is 11.8 Å². The highest BCUT2D eigenvalue weighted by Gasteiger charge is 2.42. The number of hydrogen-bond acceptors (Lipinski definition) is 7.